The number of piperazine rings is 1. The minimum atomic E-state index is -0.607. The fourth-order valence-electron chi connectivity index (χ4n) is 9.68. The second-order valence-electron chi connectivity index (χ2n) is 16.0. The number of phenolic OH excluding ortho intramolecular Hbond substituents is 1. The summed E-state index contributed by atoms with van der Waals surface area (Å²) in [6.07, 6.45) is 2.73. The molecule has 4 aromatic carbocycles. The smallest absolute Gasteiger partial charge is 0.255 e. The van der Waals surface area contributed by atoms with Crippen LogP contribution in [0.2, 0.25) is 0 Å². The van der Waals surface area contributed by atoms with E-state index < -0.39 is 12.7 Å². The Balaban J connectivity index is 0.807. The molecular formula is C45H48FN5O5. The van der Waals surface area contributed by atoms with Crippen LogP contribution in [0.1, 0.15) is 75.7 Å². The number of nitrogens with one attached hydrogen (secondary N) is 1. The highest BCUT2D eigenvalue weighted by Gasteiger charge is 2.40. The van der Waals surface area contributed by atoms with Gasteiger partial charge in [0.2, 0.25) is 11.8 Å². The zero-order chi connectivity index (χ0) is 38.3. The minimum absolute atomic E-state index is 0.0328. The third-order valence-corrected chi connectivity index (χ3v) is 12.7. The first-order chi connectivity index (χ1) is 27.3. The van der Waals surface area contributed by atoms with Crippen LogP contribution in [-0.2, 0) is 22.8 Å². The number of piperidine rings is 2. The Hall–Kier alpha value is -5.42. The highest BCUT2D eigenvalue weighted by atomic mass is 19.1. The lowest BCUT2D eigenvalue weighted by atomic mass is 9.75. The van der Waals surface area contributed by atoms with Crippen LogP contribution in [0.4, 0.5) is 15.8 Å². The summed E-state index contributed by atoms with van der Waals surface area (Å²) in [4.78, 5) is 46.2. The van der Waals surface area contributed by atoms with E-state index in [4.69, 9.17) is 4.74 Å². The molecule has 9 rings (SSSR count). The van der Waals surface area contributed by atoms with Crippen molar-refractivity contribution in [3.63, 3.8) is 0 Å². The van der Waals surface area contributed by atoms with Crippen molar-refractivity contribution in [2.45, 2.75) is 56.8 Å². The molecule has 290 valence electrons. The summed E-state index contributed by atoms with van der Waals surface area (Å²) in [5, 5.41) is 12.5. The zero-order valence-electron chi connectivity index (χ0n) is 31.5. The van der Waals surface area contributed by atoms with E-state index in [1.54, 1.807) is 17.0 Å². The van der Waals surface area contributed by atoms with Crippen LogP contribution in [0.15, 0.2) is 84.9 Å². The average molecular weight is 758 g/mol. The van der Waals surface area contributed by atoms with Gasteiger partial charge in [-0.25, -0.2) is 4.39 Å². The number of halogens is 1. The number of rotatable bonds is 8. The van der Waals surface area contributed by atoms with Gasteiger partial charge in [0, 0.05) is 105 Å². The third kappa shape index (κ3) is 6.97. The highest BCUT2D eigenvalue weighted by molar-refractivity contribution is 6.05. The van der Waals surface area contributed by atoms with Crippen LogP contribution in [0.25, 0.3) is 0 Å². The topological polar surface area (TPSA) is 106 Å². The van der Waals surface area contributed by atoms with Gasteiger partial charge in [-0.05, 0) is 72.2 Å². The molecule has 0 bridgehead atoms. The van der Waals surface area contributed by atoms with Crippen LogP contribution >= 0.6 is 0 Å². The molecule has 11 heteroatoms. The van der Waals surface area contributed by atoms with E-state index in [1.807, 2.05) is 36.4 Å². The lowest BCUT2D eigenvalue weighted by Crippen LogP contribution is -2.52. The Bertz CT molecular complexity index is 2130. The largest absolute Gasteiger partial charge is 0.508 e. The Morgan fingerprint density at radius 2 is 1.61 bits per heavy atom. The minimum Gasteiger partial charge on any atom is -0.508 e. The number of amides is 3. The SMILES string of the molecule is O=C1CC[C@H](N2Cc3cc(N4CCN(CC5CCN(c6ccc([C@@H]7c8ccc(O)cc8OC[C@@H]7c7ccccc7)cc6CF)CC5)CC4)ccc3C2=O)C(=O)N1. The van der Waals surface area contributed by atoms with Gasteiger partial charge >= 0.3 is 0 Å². The van der Waals surface area contributed by atoms with Gasteiger partial charge in [-0.3, -0.25) is 24.6 Å². The van der Waals surface area contributed by atoms with Crippen molar-refractivity contribution >= 4 is 29.1 Å². The Morgan fingerprint density at radius 1 is 0.804 bits per heavy atom. The summed E-state index contributed by atoms with van der Waals surface area (Å²) in [6, 6.07) is 27.4. The van der Waals surface area contributed by atoms with Gasteiger partial charge in [0.25, 0.3) is 5.91 Å². The number of alkyl halides is 1. The van der Waals surface area contributed by atoms with Gasteiger partial charge < -0.3 is 24.5 Å². The van der Waals surface area contributed by atoms with Crippen LogP contribution in [0, 0.1) is 5.92 Å². The molecule has 0 spiro atoms. The fourth-order valence-corrected chi connectivity index (χ4v) is 9.68. The van der Waals surface area contributed by atoms with Crippen molar-refractivity contribution in [2.75, 3.05) is 62.2 Å². The lowest BCUT2D eigenvalue weighted by molar-refractivity contribution is -0.136. The molecule has 5 heterocycles. The molecule has 3 atom stereocenters. The number of ether oxygens (including phenoxy) is 1. The van der Waals surface area contributed by atoms with Crippen LogP contribution in [0.5, 0.6) is 11.5 Å². The van der Waals surface area contributed by atoms with E-state index in [2.05, 4.69) is 56.4 Å². The fraction of sp³-hybridized carbons (Fsp3) is 0.400. The maximum absolute atomic E-state index is 14.9. The third-order valence-electron chi connectivity index (χ3n) is 12.7. The van der Waals surface area contributed by atoms with Crippen LogP contribution < -0.4 is 19.9 Å². The number of hydrogen-bond acceptors (Lipinski definition) is 8. The van der Waals surface area contributed by atoms with Crippen molar-refractivity contribution in [3.8, 4) is 11.5 Å². The number of nitrogens with zero attached hydrogens (tertiary/aromatic N) is 4. The molecule has 4 aromatic rings. The first-order valence-corrected chi connectivity index (χ1v) is 20.0. The molecule has 5 aliphatic rings. The van der Waals surface area contributed by atoms with Gasteiger partial charge in [0.1, 0.15) is 24.2 Å². The molecule has 2 N–H and O–H groups in total. The molecule has 0 saturated carbocycles. The monoisotopic (exact) mass is 757 g/mol. The Kier molecular flexibility index (Phi) is 9.87. The second-order valence-corrected chi connectivity index (χ2v) is 16.0. The number of hydrogen-bond donors (Lipinski definition) is 2. The standard InChI is InChI=1S/C45H48FN5O5/c46-25-32-22-31(43-37-10-8-35(52)24-41(37)56-28-38(43)30-4-2-1-3-5-30)6-11-39(32)50-16-14-29(15-17-50)26-48-18-20-49(21-19-48)34-7-9-36-33(23-34)27-51(45(36)55)40-12-13-42(53)47-44(40)54/h1-11,22-24,29,38,40,43,52H,12-21,25-28H2,(H,47,53,54)/t38-,40+,43-/m1/s1. The number of carbonyl (C=O) groups excluding carboxylic acids is 3. The van der Waals surface area contributed by atoms with Gasteiger partial charge in [-0.1, -0.05) is 48.5 Å². The lowest BCUT2D eigenvalue weighted by Gasteiger charge is -2.40. The van der Waals surface area contributed by atoms with E-state index in [1.165, 1.54) is 5.56 Å². The van der Waals surface area contributed by atoms with Gasteiger partial charge in [-0.15, -0.1) is 0 Å². The maximum atomic E-state index is 14.9. The van der Waals surface area contributed by atoms with E-state index in [0.29, 0.717) is 36.8 Å². The molecule has 0 aromatic heterocycles. The molecule has 10 nitrogen and oxygen atoms in total. The second kappa shape index (κ2) is 15.3. The number of anilines is 2. The van der Waals surface area contributed by atoms with Crippen LogP contribution in [0.3, 0.4) is 0 Å². The molecule has 0 radical (unpaired) electrons. The first-order valence-electron chi connectivity index (χ1n) is 20.0. The zero-order valence-corrected chi connectivity index (χ0v) is 31.5. The number of phenols is 1. The Morgan fingerprint density at radius 3 is 2.38 bits per heavy atom. The molecule has 0 aliphatic carbocycles. The predicted molar refractivity (Wildman–Crippen MR) is 212 cm³/mol. The Labute approximate surface area is 326 Å². The molecule has 0 unspecified atom stereocenters. The summed E-state index contributed by atoms with van der Waals surface area (Å²) in [6.45, 7) is 6.90. The number of carbonyl (C=O) groups is 3. The summed E-state index contributed by atoms with van der Waals surface area (Å²) in [7, 11) is 0. The van der Waals surface area contributed by atoms with Crippen molar-refractivity contribution in [1.82, 2.24) is 15.1 Å². The first kappa shape index (κ1) is 36.2. The highest BCUT2D eigenvalue weighted by Crippen LogP contribution is 2.48. The van der Waals surface area contributed by atoms with Gasteiger partial charge in [0.05, 0.1) is 6.61 Å². The molecule has 3 fully saturated rings. The number of imide groups is 1. The van der Waals surface area contributed by atoms with Gasteiger partial charge in [-0.2, -0.15) is 0 Å². The normalized spacial score (nSPS) is 23.1. The van der Waals surface area contributed by atoms with Crippen molar-refractivity contribution < 1.29 is 28.6 Å². The van der Waals surface area contributed by atoms with E-state index in [0.717, 1.165) is 92.3 Å². The quantitative estimate of drug-likeness (QED) is 0.212. The number of aromatic hydroxyl groups is 1. The number of benzene rings is 4. The van der Waals surface area contributed by atoms with Crippen molar-refractivity contribution in [3.05, 3.63) is 118 Å². The maximum Gasteiger partial charge on any atom is 0.255 e. The van der Waals surface area contributed by atoms with Crippen molar-refractivity contribution in [1.29, 1.82) is 0 Å². The molecule has 3 saturated heterocycles. The van der Waals surface area contributed by atoms with Crippen LogP contribution in [-0.4, -0.2) is 91.1 Å². The van der Waals surface area contributed by atoms with E-state index in [-0.39, 0.29) is 41.7 Å². The number of fused-ring (bicyclic) bond motifs is 2. The van der Waals surface area contributed by atoms with E-state index in [9.17, 15) is 23.9 Å². The van der Waals surface area contributed by atoms with E-state index >= 15 is 0 Å². The summed E-state index contributed by atoms with van der Waals surface area (Å²) in [5.74, 6) is 0.640. The summed E-state index contributed by atoms with van der Waals surface area (Å²) >= 11 is 0. The molecular weight excluding hydrogens is 710 g/mol. The molecule has 5 aliphatic heterocycles. The summed E-state index contributed by atoms with van der Waals surface area (Å²) < 4.78 is 21.0. The predicted octanol–water partition coefficient (Wildman–Crippen LogP) is 5.97. The van der Waals surface area contributed by atoms with Gasteiger partial charge in [0.15, 0.2) is 0 Å². The molecule has 3 amide bonds. The average Bonchev–Trinajstić information content (AvgIpc) is 3.55. The molecule has 56 heavy (non-hydrogen) atoms. The summed E-state index contributed by atoms with van der Waals surface area (Å²) in [5.41, 5.74) is 7.60. The van der Waals surface area contributed by atoms with Crippen molar-refractivity contribution in [2.24, 2.45) is 5.92 Å².